The van der Waals surface area contributed by atoms with Crippen LogP contribution in [0.1, 0.15) is 33.6 Å². The summed E-state index contributed by atoms with van der Waals surface area (Å²) in [5.74, 6) is -1.53. The molecular weight excluding hydrogens is 409 g/mol. The molecule has 0 spiro atoms. The number of nitrogens with zero attached hydrogens (tertiary/aromatic N) is 1. The molecule has 0 saturated carbocycles. The fraction of sp³-hybridized carbons (Fsp3) is 0.444. The number of halogens is 2. The van der Waals surface area contributed by atoms with Crippen LogP contribution in [0, 0.1) is 0 Å². The Hall–Kier alpha value is -2.32. The number of imide groups is 1. The minimum absolute atomic E-state index is 0.0486. The Morgan fingerprint density at radius 3 is 2.57 bits per heavy atom. The zero-order valence-corrected chi connectivity index (χ0v) is 17.2. The van der Waals surface area contributed by atoms with Crippen LogP contribution in [-0.4, -0.2) is 46.9 Å². The van der Waals surface area contributed by atoms with E-state index in [0.29, 0.717) is 5.69 Å². The number of carbonyl (C=O) groups is 4. The summed E-state index contributed by atoms with van der Waals surface area (Å²) >= 11 is 11.9. The van der Waals surface area contributed by atoms with E-state index in [1.54, 1.807) is 32.0 Å². The predicted octanol–water partition coefficient (Wildman–Crippen LogP) is 2.97. The number of nitrogens with one attached hydrogen (secondary N) is 2. The van der Waals surface area contributed by atoms with E-state index >= 15 is 0 Å². The fourth-order valence-corrected chi connectivity index (χ4v) is 2.89. The van der Waals surface area contributed by atoms with Gasteiger partial charge < -0.3 is 15.4 Å². The summed E-state index contributed by atoms with van der Waals surface area (Å²) in [5.41, 5.74) is -0.644. The Bertz CT molecular complexity index is 812. The van der Waals surface area contributed by atoms with Crippen LogP contribution < -0.4 is 10.6 Å². The van der Waals surface area contributed by atoms with E-state index in [-0.39, 0.29) is 35.3 Å². The lowest BCUT2D eigenvalue weighted by atomic mass is 10.1. The number of rotatable bonds is 7. The van der Waals surface area contributed by atoms with Crippen molar-refractivity contribution >= 4 is 52.7 Å². The minimum Gasteiger partial charge on any atom is -0.453 e. The van der Waals surface area contributed by atoms with Crippen LogP contribution in [0.15, 0.2) is 18.2 Å². The molecule has 1 aliphatic rings. The largest absolute Gasteiger partial charge is 0.453 e. The van der Waals surface area contributed by atoms with E-state index in [1.165, 1.54) is 6.92 Å². The number of ether oxygens (including phenoxy) is 1. The van der Waals surface area contributed by atoms with E-state index in [4.69, 9.17) is 27.9 Å². The Morgan fingerprint density at radius 2 is 1.96 bits per heavy atom. The van der Waals surface area contributed by atoms with Gasteiger partial charge in [0.2, 0.25) is 0 Å². The number of esters is 1. The minimum atomic E-state index is -1.06. The quantitative estimate of drug-likeness (QED) is 0.511. The normalized spacial score (nSPS) is 16.5. The van der Waals surface area contributed by atoms with Crippen molar-refractivity contribution in [1.82, 2.24) is 10.2 Å². The molecule has 0 aliphatic carbocycles. The van der Waals surface area contributed by atoms with E-state index in [2.05, 4.69) is 10.6 Å². The number of carbonyl (C=O) groups excluding carboxylic acids is 4. The van der Waals surface area contributed by atoms with Crippen LogP contribution in [0.4, 0.5) is 10.5 Å². The van der Waals surface area contributed by atoms with Crippen LogP contribution in [0.2, 0.25) is 10.0 Å². The molecule has 1 saturated heterocycles. The molecule has 1 aliphatic heterocycles. The summed E-state index contributed by atoms with van der Waals surface area (Å²) in [6, 6.07) is 4.28. The maximum atomic E-state index is 12.2. The molecule has 1 aromatic rings. The highest BCUT2D eigenvalue weighted by molar-refractivity contribution is 6.44. The van der Waals surface area contributed by atoms with Gasteiger partial charge in [-0.2, -0.15) is 0 Å². The van der Waals surface area contributed by atoms with Crippen molar-refractivity contribution in [3.05, 3.63) is 28.2 Å². The molecule has 1 unspecified atom stereocenters. The highest BCUT2D eigenvalue weighted by Crippen LogP contribution is 2.29. The SMILES string of the molecule is CC(OC(=O)CCCN1C(=O)NC(C)(C)C1=O)C(=O)Nc1cccc(Cl)c1Cl. The second kappa shape index (κ2) is 8.79. The van der Waals surface area contributed by atoms with Crippen molar-refractivity contribution in [2.75, 3.05) is 11.9 Å². The van der Waals surface area contributed by atoms with Gasteiger partial charge in [-0.05, 0) is 39.3 Å². The fourth-order valence-electron chi connectivity index (χ4n) is 2.55. The zero-order chi connectivity index (χ0) is 21.1. The molecule has 1 heterocycles. The third-order valence-electron chi connectivity index (χ3n) is 4.09. The summed E-state index contributed by atoms with van der Waals surface area (Å²) in [7, 11) is 0. The van der Waals surface area contributed by atoms with Crippen LogP contribution >= 0.6 is 23.2 Å². The second-order valence-electron chi connectivity index (χ2n) is 6.84. The molecule has 1 aromatic carbocycles. The first-order valence-corrected chi connectivity index (χ1v) is 9.37. The first-order chi connectivity index (χ1) is 13.0. The van der Waals surface area contributed by atoms with Crippen molar-refractivity contribution < 1.29 is 23.9 Å². The maximum absolute atomic E-state index is 12.2. The lowest BCUT2D eigenvalue weighted by Crippen LogP contribution is -2.40. The van der Waals surface area contributed by atoms with Crippen LogP contribution in [0.25, 0.3) is 0 Å². The van der Waals surface area contributed by atoms with Crippen LogP contribution in [0.3, 0.4) is 0 Å². The van der Waals surface area contributed by atoms with Crippen LogP contribution in [-0.2, 0) is 19.1 Å². The lowest BCUT2D eigenvalue weighted by Gasteiger charge is -2.16. The van der Waals surface area contributed by atoms with Gasteiger partial charge >= 0.3 is 12.0 Å². The van der Waals surface area contributed by atoms with E-state index in [0.717, 1.165) is 4.90 Å². The van der Waals surface area contributed by atoms with Gasteiger partial charge in [-0.1, -0.05) is 29.3 Å². The molecular formula is C18H21Cl2N3O5. The van der Waals surface area contributed by atoms with Gasteiger partial charge in [0.15, 0.2) is 6.10 Å². The molecule has 152 valence electrons. The number of anilines is 1. The van der Waals surface area contributed by atoms with Gasteiger partial charge in [-0.3, -0.25) is 19.3 Å². The van der Waals surface area contributed by atoms with Crippen molar-refractivity contribution in [2.45, 2.75) is 45.3 Å². The average molecular weight is 430 g/mol. The molecule has 4 amide bonds. The van der Waals surface area contributed by atoms with E-state index in [9.17, 15) is 19.2 Å². The summed E-state index contributed by atoms with van der Waals surface area (Å²) < 4.78 is 5.08. The van der Waals surface area contributed by atoms with Gasteiger partial charge in [0, 0.05) is 13.0 Å². The molecule has 0 radical (unpaired) electrons. The number of hydrogen-bond acceptors (Lipinski definition) is 5. The van der Waals surface area contributed by atoms with Crippen molar-refractivity contribution in [1.29, 1.82) is 0 Å². The molecule has 8 nitrogen and oxygen atoms in total. The van der Waals surface area contributed by atoms with Gasteiger partial charge in [0.25, 0.3) is 11.8 Å². The number of benzene rings is 1. The number of amides is 4. The smallest absolute Gasteiger partial charge is 0.325 e. The molecule has 1 fully saturated rings. The van der Waals surface area contributed by atoms with Gasteiger partial charge in [-0.25, -0.2) is 4.79 Å². The molecule has 1 atom stereocenters. The number of urea groups is 1. The Morgan fingerprint density at radius 1 is 1.29 bits per heavy atom. The highest BCUT2D eigenvalue weighted by Gasteiger charge is 2.43. The summed E-state index contributed by atoms with van der Waals surface area (Å²) in [6.07, 6.45) is -0.881. The van der Waals surface area contributed by atoms with E-state index in [1.807, 2.05) is 0 Å². The highest BCUT2D eigenvalue weighted by atomic mass is 35.5. The predicted molar refractivity (Wildman–Crippen MR) is 104 cm³/mol. The van der Waals surface area contributed by atoms with E-state index < -0.39 is 29.6 Å². The Kier molecular flexibility index (Phi) is 6.90. The lowest BCUT2D eigenvalue weighted by molar-refractivity contribution is -0.153. The monoisotopic (exact) mass is 429 g/mol. The van der Waals surface area contributed by atoms with Crippen molar-refractivity contribution in [3.8, 4) is 0 Å². The topological polar surface area (TPSA) is 105 Å². The van der Waals surface area contributed by atoms with Crippen LogP contribution in [0.5, 0.6) is 0 Å². The molecule has 10 heteroatoms. The molecule has 0 bridgehead atoms. The molecule has 2 N–H and O–H groups in total. The first kappa shape index (κ1) is 22.0. The van der Waals surface area contributed by atoms with Gasteiger partial charge in [-0.15, -0.1) is 0 Å². The average Bonchev–Trinajstić information content (AvgIpc) is 2.80. The Labute approximate surface area is 172 Å². The van der Waals surface area contributed by atoms with Crippen molar-refractivity contribution in [2.24, 2.45) is 0 Å². The third kappa shape index (κ3) is 5.14. The summed E-state index contributed by atoms with van der Waals surface area (Å²) in [5, 5.41) is 5.57. The molecule has 28 heavy (non-hydrogen) atoms. The van der Waals surface area contributed by atoms with Gasteiger partial charge in [0.1, 0.15) is 5.54 Å². The van der Waals surface area contributed by atoms with Gasteiger partial charge in [0.05, 0.1) is 15.7 Å². The summed E-state index contributed by atoms with van der Waals surface area (Å²) in [4.78, 5) is 49.0. The third-order valence-corrected chi connectivity index (χ3v) is 4.91. The zero-order valence-electron chi connectivity index (χ0n) is 15.7. The number of hydrogen-bond donors (Lipinski definition) is 2. The van der Waals surface area contributed by atoms with Crippen molar-refractivity contribution in [3.63, 3.8) is 0 Å². The first-order valence-electron chi connectivity index (χ1n) is 8.61. The Balaban J connectivity index is 1.79. The standard InChI is InChI=1S/C18H21Cl2N3O5/c1-10(15(25)21-12-7-4-6-11(19)14(12)20)28-13(24)8-5-9-23-16(26)18(2,3)22-17(23)27/h4,6-7,10H,5,8-9H2,1-3H3,(H,21,25)(H,22,27). The molecule has 2 rings (SSSR count). The maximum Gasteiger partial charge on any atom is 0.325 e. The second-order valence-corrected chi connectivity index (χ2v) is 7.62. The molecule has 0 aromatic heterocycles. The summed E-state index contributed by atoms with van der Waals surface area (Å²) in [6.45, 7) is 4.72.